The average Bonchev–Trinajstić information content (AvgIpc) is 3.04. The van der Waals surface area contributed by atoms with Crippen molar-refractivity contribution in [2.75, 3.05) is 20.2 Å². The van der Waals surface area contributed by atoms with Crippen LogP contribution in [0.3, 0.4) is 0 Å². The summed E-state index contributed by atoms with van der Waals surface area (Å²) in [5, 5.41) is 10.6. The number of carbonyl (C=O) groups excluding carboxylic acids is 1. The van der Waals surface area contributed by atoms with Gasteiger partial charge in [-0.25, -0.2) is 0 Å². The van der Waals surface area contributed by atoms with E-state index >= 15 is 0 Å². The Balaban J connectivity index is 2.24. The minimum Gasteiger partial charge on any atom is -0.481 e. The number of nitrogens with zero attached hydrogens (tertiary/aromatic N) is 1. The number of likely N-dealkylation sites (tertiary alicyclic amines) is 1. The minimum absolute atomic E-state index is 0.168. The third kappa shape index (κ3) is 2.70. The summed E-state index contributed by atoms with van der Waals surface area (Å²) < 4.78 is 44.3. The van der Waals surface area contributed by atoms with Crippen LogP contribution in [0.25, 0.3) is 0 Å². The molecule has 0 saturated carbocycles. The molecule has 5 nitrogen and oxygen atoms in total. The van der Waals surface area contributed by atoms with Gasteiger partial charge in [0.05, 0.1) is 11.5 Å². The zero-order chi connectivity index (χ0) is 16.5. The molecule has 1 saturated heterocycles. The van der Waals surface area contributed by atoms with Crippen LogP contribution in [0.4, 0.5) is 13.2 Å². The van der Waals surface area contributed by atoms with Gasteiger partial charge < -0.3 is 14.7 Å². The number of carbonyl (C=O) groups is 2. The summed E-state index contributed by atoms with van der Waals surface area (Å²) in [6.07, 6.45) is -5.54. The number of aliphatic carboxylic acids is 1. The van der Waals surface area contributed by atoms with Crippen molar-refractivity contribution in [3.8, 4) is 0 Å². The highest BCUT2D eigenvalue weighted by Crippen LogP contribution is 2.46. The molecule has 1 aliphatic rings. The van der Waals surface area contributed by atoms with Crippen LogP contribution in [-0.2, 0) is 16.1 Å². The maximum absolute atomic E-state index is 13.1. The SMILES string of the molecule is COCc1ccsc1C(=O)N1CCC(C(=O)O)(C(F)(F)F)C1. The van der Waals surface area contributed by atoms with Crippen molar-refractivity contribution in [2.24, 2.45) is 5.41 Å². The van der Waals surface area contributed by atoms with E-state index in [1.54, 1.807) is 11.4 Å². The van der Waals surface area contributed by atoms with E-state index in [2.05, 4.69) is 0 Å². The van der Waals surface area contributed by atoms with Crippen LogP contribution in [0.5, 0.6) is 0 Å². The van der Waals surface area contributed by atoms with E-state index in [0.717, 1.165) is 16.2 Å². The standard InChI is InChI=1S/C13H14F3NO4S/c1-21-6-8-2-5-22-9(8)10(18)17-4-3-12(7-17,11(19)20)13(14,15)16/h2,5H,3-4,6-7H2,1H3,(H,19,20). The lowest BCUT2D eigenvalue weighted by molar-refractivity contribution is -0.227. The smallest absolute Gasteiger partial charge is 0.406 e. The number of hydrogen-bond acceptors (Lipinski definition) is 4. The van der Waals surface area contributed by atoms with E-state index in [9.17, 15) is 22.8 Å². The molecule has 1 atom stereocenters. The molecule has 2 rings (SSSR count). The second-order valence-corrected chi connectivity index (χ2v) is 5.99. The molecule has 1 amide bonds. The van der Waals surface area contributed by atoms with Gasteiger partial charge in [0, 0.05) is 25.8 Å². The lowest BCUT2D eigenvalue weighted by Gasteiger charge is -2.27. The molecule has 0 spiro atoms. The number of methoxy groups -OCH3 is 1. The van der Waals surface area contributed by atoms with Gasteiger partial charge in [0.2, 0.25) is 0 Å². The summed E-state index contributed by atoms with van der Waals surface area (Å²) in [6.45, 7) is -0.939. The number of rotatable bonds is 4. The number of halogens is 3. The topological polar surface area (TPSA) is 66.8 Å². The van der Waals surface area contributed by atoms with Gasteiger partial charge in [0.15, 0.2) is 5.41 Å². The molecule has 0 bridgehead atoms. The van der Waals surface area contributed by atoms with Gasteiger partial charge in [0.25, 0.3) is 5.91 Å². The van der Waals surface area contributed by atoms with E-state index < -0.39 is 36.4 Å². The van der Waals surface area contributed by atoms with Gasteiger partial charge in [-0.05, 0) is 17.9 Å². The number of carboxylic acids is 1. The predicted molar refractivity (Wildman–Crippen MR) is 71.7 cm³/mol. The van der Waals surface area contributed by atoms with Crippen molar-refractivity contribution in [1.82, 2.24) is 4.90 Å². The third-order valence-corrected chi connectivity index (χ3v) is 4.69. The highest BCUT2D eigenvalue weighted by Gasteiger charge is 2.64. The largest absolute Gasteiger partial charge is 0.481 e. The molecule has 2 heterocycles. The summed E-state index contributed by atoms with van der Waals surface area (Å²) in [6, 6.07) is 1.66. The van der Waals surface area contributed by atoms with Gasteiger partial charge in [-0.1, -0.05) is 0 Å². The van der Waals surface area contributed by atoms with Crippen molar-refractivity contribution in [1.29, 1.82) is 0 Å². The zero-order valence-electron chi connectivity index (χ0n) is 11.6. The highest BCUT2D eigenvalue weighted by molar-refractivity contribution is 7.12. The lowest BCUT2D eigenvalue weighted by atomic mass is 9.86. The third-order valence-electron chi connectivity index (χ3n) is 3.75. The molecular formula is C13H14F3NO4S. The summed E-state index contributed by atoms with van der Waals surface area (Å²) in [5.74, 6) is -2.53. The van der Waals surface area contributed by atoms with Gasteiger partial charge >= 0.3 is 12.1 Å². The first kappa shape index (κ1) is 16.8. The average molecular weight is 337 g/mol. The quantitative estimate of drug-likeness (QED) is 0.916. The molecule has 9 heteroatoms. The Morgan fingerprint density at radius 3 is 2.68 bits per heavy atom. The van der Waals surface area contributed by atoms with Crippen molar-refractivity contribution in [3.63, 3.8) is 0 Å². The molecule has 1 aromatic rings. The minimum atomic E-state index is -4.90. The molecule has 0 radical (unpaired) electrons. The van der Waals surface area contributed by atoms with Gasteiger partial charge in [0.1, 0.15) is 0 Å². The van der Waals surface area contributed by atoms with Crippen LogP contribution in [-0.4, -0.2) is 48.3 Å². The summed E-state index contributed by atoms with van der Waals surface area (Å²) in [5.41, 5.74) is -2.31. The van der Waals surface area contributed by atoms with E-state index in [1.807, 2.05) is 0 Å². The van der Waals surface area contributed by atoms with Crippen molar-refractivity contribution in [3.05, 3.63) is 21.9 Å². The number of carboxylic acid groups (broad SMARTS) is 1. The molecular weight excluding hydrogens is 323 g/mol. The van der Waals surface area contributed by atoms with E-state index in [0.29, 0.717) is 5.56 Å². The van der Waals surface area contributed by atoms with E-state index in [-0.39, 0.29) is 18.0 Å². The van der Waals surface area contributed by atoms with Crippen molar-refractivity contribution < 1.29 is 32.6 Å². The molecule has 0 aliphatic carbocycles. The van der Waals surface area contributed by atoms with E-state index in [1.165, 1.54) is 7.11 Å². The number of ether oxygens (including phenoxy) is 1. The summed E-state index contributed by atoms with van der Waals surface area (Å²) >= 11 is 1.10. The van der Waals surface area contributed by atoms with Crippen molar-refractivity contribution >= 4 is 23.2 Å². The second kappa shape index (κ2) is 5.88. The number of hydrogen-bond donors (Lipinski definition) is 1. The fourth-order valence-corrected chi connectivity index (χ4v) is 3.32. The van der Waals surface area contributed by atoms with Crippen LogP contribution in [0, 0.1) is 5.41 Å². The first-order valence-corrected chi connectivity index (χ1v) is 7.25. The second-order valence-electron chi connectivity index (χ2n) is 5.07. The Labute approximate surface area is 128 Å². The Morgan fingerprint density at radius 2 is 2.18 bits per heavy atom. The Hall–Kier alpha value is -1.61. The normalized spacial score (nSPS) is 22.1. The molecule has 1 N–H and O–H groups in total. The van der Waals surface area contributed by atoms with Crippen LogP contribution in [0.15, 0.2) is 11.4 Å². The maximum atomic E-state index is 13.1. The Bertz CT molecular complexity index is 586. The lowest BCUT2D eigenvalue weighted by Crippen LogP contribution is -2.47. The molecule has 1 aromatic heterocycles. The van der Waals surface area contributed by atoms with Crippen LogP contribution in [0.1, 0.15) is 21.7 Å². The molecule has 1 fully saturated rings. The van der Waals surface area contributed by atoms with Gasteiger partial charge in [-0.3, -0.25) is 9.59 Å². The maximum Gasteiger partial charge on any atom is 0.406 e. The summed E-state index contributed by atoms with van der Waals surface area (Å²) in [4.78, 5) is 24.7. The van der Waals surface area contributed by atoms with Crippen LogP contribution in [0.2, 0.25) is 0 Å². The fourth-order valence-electron chi connectivity index (χ4n) is 2.45. The molecule has 22 heavy (non-hydrogen) atoms. The Morgan fingerprint density at radius 1 is 1.50 bits per heavy atom. The Kier molecular flexibility index (Phi) is 4.48. The molecule has 122 valence electrons. The molecule has 0 aromatic carbocycles. The summed E-state index contributed by atoms with van der Waals surface area (Å²) in [7, 11) is 1.45. The van der Waals surface area contributed by atoms with Crippen LogP contribution >= 0.6 is 11.3 Å². The van der Waals surface area contributed by atoms with E-state index in [4.69, 9.17) is 9.84 Å². The number of alkyl halides is 3. The zero-order valence-corrected chi connectivity index (χ0v) is 12.5. The first-order chi connectivity index (χ1) is 10.2. The number of amides is 1. The van der Waals surface area contributed by atoms with Gasteiger partial charge in [-0.15, -0.1) is 11.3 Å². The highest BCUT2D eigenvalue weighted by atomic mass is 32.1. The molecule has 1 unspecified atom stereocenters. The first-order valence-electron chi connectivity index (χ1n) is 6.37. The van der Waals surface area contributed by atoms with Gasteiger partial charge in [-0.2, -0.15) is 13.2 Å². The molecule has 1 aliphatic heterocycles. The predicted octanol–water partition coefficient (Wildman–Crippen LogP) is 2.37. The fraction of sp³-hybridized carbons (Fsp3) is 0.538. The number of thiophene rings is 1. The van der Waals surface area contributed by atoms with Crippen LogP contribution < -0.4 is 0 Å². The van der Waals surface area contributed by atoms with Crippen molar-refractivity contribution in [2.45, 2.75) is 19.2 Å². The monoisotopic (exact) mass is 337 g/mol.